The number of hydrogen-bond acceptors (Lipinski definition) is 3. The minimum absolute atomic E-state index is 0.215. The van der Waals surface area contributed by atoms with E-state index in [-0.39, 0.29) is 11.9 Å². The summed E-state index contributed by atoms with van der Waals surface area (Å²) < 4.78 is 39.7. The minimum atomic E-state index is -4.65. The number of halogens is 3. The van der Waals surface area contributed by atoms with E-state index in [0.717, 1.165) is 18.4 Å². The fourth-order valence-electron chi connectivity index (χ4n) is 2.06. The topological polar surface area (TPSA) is 30.5 Å². The second-order valence-electron chi connectivity index (χ2n) is 4.54. The number of ether oxygens (including phenoxy) is 1. The first kappa shape index (κ1) is 14.1. The van der Waals surface area contributed by atoms with Gasteiger partial charge in [-0.2, -0.15) is 5.48 Å². The summed E-state index contributed by atoms with van der Waals surface area (Å²) >= 11 is 0. The first-order valence-electron chi connectivity index (χ1n) is 6.26. The lowest BCUT2D eigenvalue weighted by molar-refractivity contribution is -0.274. The van der Waals surface area contributed by atoms with Crippen molar-refractivity contribution in [2.24, 2.45) is 0 Å². The molecule has 6 heteroatoms. The molecule has 1 fully saturated rings. The van der Waals surface area contributed by atoms with Gasteiger partial charge in [-0.1, -0.05) is 25.0 Å². The summed E-state index contributed by atoms with van der Waals surface area (Å²) in [7, 11) is 0. The smallest absolute Gasteiger partial charge is 0.406 e. The third-order valence-electron chi connectivity index (χ3n) is 2.99. The molecule has 0 aromatic heterocycles. The molecule has 0 amide bonds. The van der Waals surface area contributed by atoms with Crippen LogP contribution in [0.1, 0.15) is 31.2 Å². The van der Waals surface area contributed by atoms with E-state index in [0.29, 0.717) is 6.54 Å². The van der Waals surface area contributed by atoms with Gasteiger partial charge in [0.25, 0.3) is 0 Å². The molecule has 19 heavy (non-hydrogen) atoms. The summed E-state index contributed by atoms with van der Waals surface area (Å²) in [6, 6.07) is 5.73. The van der Waals surface area contributed by atoms with Crippen molar-refractivity contribution in [3.8, 4) is 5.75 Å². The maximum absolute atomic E-state index is 12.0. The van der Waals surface area contributed by atoms with Crippen LogP contribution in [0.5, 0.6) is 5.75 Å². The monoisotopic (exact) mass is 275 g/mol. The largest absolute Gasteiger partial charge is 0.573 e. The Morgan fingerprint density at radius 2 is 1.74 bits per heavy atom. The Morgan fingerprint density at radius 1 is 1.11 bits per heavy atom. The zero-order valence-electron chi connectivity index (χ0n) is 10.4. The minimum Gasteiger partial charge on any atom is -0.406 e. The van der Waals surface area contributed by atoms with Gasteiger partial charge in [0.05, 0.1) is 6.10 Å². The predicted octanol–water partition coefficient (Wildman–Crippen LogP) is 3.55. The van der Waals surface area contributed by atoms with E-state index in [9.17, 15) is 13.2 Å². The van der Waals surface area contributed by atoms with Crippen molar-refractivity contribution in [3.63, 3.8) is 0 Å². The summed E-state index contributed by atoms with van der Waals surface area (Å²) in [5.41, 5.74) is 3.69. The third kappa shape index (κ3) is 5.08. The molecule has 0 radical (unpaired) electrons. The van der Waals surface area contributed by atoms with Crippen LogP contribution in [-0.2, 0) is 11.4 Å². The van der Waals surface area contributed by atoms with Gasteiger partial charge in [-0.3, -0.25) is 4.84 Å². The Kier molecular flexibility index (Phi) is 4.66. The molecule has 0 bridgehead atoms. The van der Waals surface area contributed by atoms with Crippen LogP contribution in [0, 0.1) is 0 Å². The van der Waals surface area contributed by atoms with Gasteiger partial charge >= 0.3 is 6.36 Å². The number of hydrogen-bond donors (Lipinski definition) is 1. The molecule has 0 unspecified atom stereocenters. The first-order chi connectivity index (χ1) is 9.03. The SMILES string of the molecule is FC(F)(F)Oc1ccc(CNOC2CCCC2)cc1. The van der Waals surface area contributed by atoms with Gasteiger partial charge in [-0.05, 0) is 30.5 Å². The zero-order valence-corrected chi connectivity index (χ0v) is 10.4. The molecule has 3 nitrogen and oxygen atoms in total. The van der Waals surface area contributed by atoms with E-state index in [2.05, 4.69) is 10.2 Å². The van der Waals surface area contributed by atoms with Crippen molar-refractivity contribution in [1.29, 1.82) is 0 Å². The average Bonchev–Trinajstić information content (AvgIpc) is 2.82. The van der Waals surface area contributed by atoms with E-state index in [1.165, 1.54) is 25.0 Å². The second kappa shape index (κ2) is 6.25. The Labute approximate surface area is 109 Å². The molecular formula is C13H16F3NO2. The lowest BCUT2D eigenvalue weighted by atomic mass is 10.2. The summed E-state index contributed by atoms with van der Waals surface area (Å²) in [4.78, 5) is 5.46. The van der Waals surface area contributed by atoms with Gasteiger partial charge in [0.1, 0.15) is 5.75 Å². The highest BCUT2D eigenvalue weighted by Gasteiger charge is 2.30. The Hall–Kier alpha value is -1.27. The molecule has 0 heterocycles. The van der Waals surface area contributed by atoms with Gasteiger partial charge in [-0.25, -0.2) is 0 Å². The van der Waals surface area contributed by atoms with Gasteiger partial charge in [0.2, 0.25) is 0 Å². The molecule has 0 aliphatic heterocycles. The van der Waals surface area contributed by atoms with Crippen LogP contribution in [-0.4, -0.2) is 12.5 Å². The summed E-state index contributed by atoms with van der Waals surface area (Å²) in [6.45, 7) is 0.461. The highest BCUT2D eigenvalue weighted by atomic mass is 19.4. The maximum Gasteiger partial charge on any atom is 0.573 e. The summed E-state index contributed by atoms with van der Waals surface area (Å²) in [6.07, 6.45) is 0.112. The third-order valence-corrected chi connectivity index (χ3v) is 2.99. The maximum atomic E-state index is 12.0. The van der Waals surface area contributed by atoms with Crippen LogP contribution in [0.15, 0.2) is 24.3 Å². The Balaban J connectivity index is 1.75. The van der Waals surface area contributed by atoms with Gasteiger partial charge in [0, 0.05) is 6.54 Å². The van der Waals surface area contributed by atoms with Crippen LogP contribution < -0.4 is 10.2 Å². The molecule has 0 saturated heterocycles. The van der Waals surface area contributed by atoms with Gasteiger partial charge in [0.15, 0.2) is 0 Å². The van der Waals surface area contributed by atoms with Crippen LogP contribution >= 0.6 is 0 Å². The van der Waals surface area contributed by atoms with Crippen molar-refractivity contribution in [2.45, 2.75) is 44.7 Å². The molecule has 1 aromatic carbocycles. The van der Waals surface area contributed by atoms with Gasteiger partial charge < -0.3 is 4.74 Å². The van der Waals surface area contributed by atoms with Crippen LogP contribution in [0.2, 0.25) is 0 Å². The normalized spacial score (nSPS) is 16.8. The molecule has 1 aliphatic rings. The van der Waals surface area contributed by atoms with Crippen molar-refractivity contribution in [2.75, 3.05) is 0 Å². The quantitative estimate of drug-likeness (QED) is 0.834. The Morgan fingerprint density at radius 3 is 2.32 bits per heavy atom. The highest BCUT2D eigenvalue weighted by molar-refractivity contribution is 5.27. The number of benzene rings is 1. The standard InChI is InChI=1S/C13H16F3NO2/c14-13(15,16)18-11-7-5-10(6-8-11)9-17-19-12-3-1-2-4-12/h5-8,12,17H,1-4,9H2. The van der Waals surface area contributed by atoms with Crippen LogP contribution in [0.4, 0.5) is 13.2 Å². The molecule has 0 spiro atoms. The van der Waals surface area contributed by atoms with E-state index >= 15 is 0 Å². The molecule has 2 rings (SSSR count). The summed E-state index contributed by atoms with van der Waals surface area (Å²) in [5.74, 6) is -0.215. The van der Waals surface area contributed by atoms with Crippen molar-refractivity contribution < 1.29 is 22.7 Å². The molecule has 106 valence electrons. The van der Waals surface area contributed by atoms with Crippen LogP contribution in [0.25, 0.3) is 0 Å². The van der Waals surface area contributed by atoms with Crippen molar-refractivity contribution in [3.05, 3.63) is 29.8 Å². The fraction of sp³-hybridized carbons (Fsp3) is 0.538. The van der Waals surface area contributed by atoms with Crippen molar-refractivity contribution in [1.82, 2.24) is 5.48 Å². The Bertz CT molecular complexity index is 386. The summed E-state index contributed by atoms with van der Waals surface area (Å²) in [5, 5.41) is 0. The van der Waals surface area contributed by atoms with E-state index in [4.69, 9.17) is 4.84 Å². The highest BCUT2D eigenvalue weighted by Crippen LogP contribution is 2.23. The number of rotatable bonds is 5. The lowest BCUT2D eigenvalue weighted by Crippen LogP contribution is -2.21. The molecule has 1 N–H and O–H groups in total. The molecule has 1 aromatic rings. The number of nitrogens with one attached hydrogen (secondary N) is 1. The molecule has 0 atom stereocenters. The first-order valence-corrected chi connectivity index (χ1v) is 6.26. The van der Waals surface area contributed by atoms with Crippen LogP contribution in [0.3, 0.4) is 0 Å². The number of hydroxylamine groups is 1. The van der Waals surface area contributed by atoms with E-state index < -0.39 is 6.36 Å². The van der Waals surface area contributed by atoms with E-state index in [1.807, 2.05) is 0 Å². The van der Waals surface area contributed by atoms with Gasteiger partial charge in [-0.15, -0.1) is 13.2 Å². The lowest BCUT2D eigenvalue weighted by Gasteiger charge is -2.12. The second-order valence-corrected chi connectivity index (χ2v) is 4.54. The molecule has 1 saturated carbocycles. The predicted molar refractivity (Wildman–Crippen MR) is 63.3 cm³/mol. The van der Waals surface area contributed by atoms with Crippen molar-refractivity contribution >= 4 is 0 Å². The molecule has 1 aliphatic carbocycles. The molecular weight excluding hydrogens is 259 g/mol. The zero-order chi connectivity index (χ0) is 13.7. The van der Waals surface area contributed by atoms with E-state index in [1.54, 1.807) is 12.1 Å². The average molecular weight is 275 g/mol. The fourth-order valence-corrected chi connectivity index (χ4v) is 2.06. The number of alkyl halides is 3.